The molecule has 0 unspecified atom stereocenters. The minimum absolute atomic E-state index is 0.260. The van der Waals surface area contributed by atoms with Gasteiger partial charge in [0.15, 0.2) is 11.3 Å². The summed E-state index contributed by atoms with van der Waals surface area (Å²) in [6, 6.07) is 5.38. The molecular formula is C13H10ClN3O2. The Balaban J connectivity index is 2.24. The van der Waals surface area contributed by atoms with Crippen molar-refractivity contribution in [3.05, 3.63) is 41.3 Å². The highest BCUT2D eigenvalue weighted by molar-refractivity contribution is 6.31. The summed E-state index contributed by atoms with van der Waals surface area (Å²) in [6.45, 7) is 2.07. The van der Waals surface area contributed by atoms with E-state index in [1.54, 1.807) is 35.9 Å². The van der Waals surface area contributed by atoms with E-state index in [1.807, 2.05) is 6.07 Å². The topological polar surface area (TPSA) is 56.5 Å². The molecule has 0 saturated carbocycles. The van der Waals surface area contributed by atoms with Gasteiger partial charge in [-0.05, 0) is 25.1 Å². The van der Waals surface area contributed by atoms with Crippen LogP contribution >= 0.6 is 11.6 Å². The molecule has 5 nitrogen and oxygen atoms in total. The predicted molar refractivity (Wildman–Crippen MR) is 71.5 cm³/mol. The molecule has 19 heavy (non-hydrogen) atoms. The Labute approximate surface area is 113 Å². The number of esters is 1. The fourth-order valence-corrected chi connectivity index (χ4v) is 2.07. The van der Waals surface area contributed by atoms with Crippen molar-refractivity contribution in [1.82, 2.24) is 14.4 Å². The van der Waals surface area contributed by atoms with Gasteiger partial charge in [0.05, 0.1) is 23.8 Å². The molecule has 2 heterocycles. The molecule has 1 aromatic carbocycles. The second-order valence-electron chi connectivity index (χ2n) is 3.97. The van der Waals surface area contributed by atoms with Crippen LogP contribution in [0.5, 0.6) is 0 Å². The number of imidazole rings is 1. The van der Waals surface area contributed by atoms with E-state index in [0.717, 1.165) is 11.0 Å². The first-order valence-electron chi connectivity index (χ1n) is 5.79. The van der Waals surface area contributed by atoms with Crippen LogP contribution in [0.15, 0.2) is 30.6 Å². The van der Waals surface area contributed by atoms with Crippen LogP contribution in [0.3, 0.4) is 0 Å². The largest absolute Gasteiger partial charge is 0.461 e. The van der Waals surface area contributed by atoms with Crippen molar-refractivity contribution in [3.8, 4) is 0 Å². The molecule has 0 amide bonds. The van der Waals surface area contributed by atoms with Crippen LogP contribution in [0.2, 0.25) is 5.02 Å². The molecule has 2 aromatic heterocycles. The van der Waals surface area contributed by atoms with Gasteiger partial charge >= 0.3 is 5.97 Å². The first kappa shape index (κ1) is 11.9. The maximum atomic E-state index is 11.7. The van der Waals surface area contributed by atoms with Gasteiger partial charge in [-0.3, -0.25) is 9.38 Å². The van der Waals surface area contributed by atoms with E-state index in [2.05, 4.69) is 9.97 Å². The standard InChI is InChI=1S/C13H10ClN3O2/c1-2-19-13(18)10-7-17-11-5-8(14)3-4-9(11)15-6-12(17)16-10/h3-7H,2H2,1H3. The van der Waals surface area contributed by atoms with E-state index in [1.165, 1.54) is 0 Å². The average Bonchev–Trinajstić information content (AvgIpc) is 2.83. The lowest BCUT2D eigenvalue weighted by atomic mass is 10.3. The van der Waals surface area contributed by atoms with Crippen LogP contribution in [0.25, 0.3) is 16.7 Å². The first-order valence-corrected chi connectivity index (χ1v) is 6.17. The van der Waals surface area contributed by atoms with Crippen molar-refractivity contribution in [1.29, 1.82) is 0 Å². The molecule has 0 aliphatic carbocycles. The van der Waals surface area contributed by atoms with Crippen molar-refractivity contribution in [2.24, 2.45) is 0 Å². The Morgan fingerprint density at radius 3 is 3.11 bits per heavy atom. The van der Waals surface area contributed by atoms with E-state index < -0.39 is 5.97 Å². The van der Waals surface area contributed by atoms with E-state index >= 15 is 0 Å². The predicted octanol–water partition coefficient (Wildman–Crippen LogP) is 2.71. The fourth-order valence-electron chi connectivity index (χ4n) is 1.91. The molecule has 0 radical (unpaired) electrons. The Morgan fingerprint density at radius 2 is 2.32 bits per heavy atom. The SMILES string of the molecule is CCOC(=O)c1cn2c(cnc3ccc(Cl)cc32)n1. The van der Waals surface area contributed by atoms with Crippen LogP contribution < -0.4 is 0 Å². The summed E-state index contributed by atoms with van der Waals surface area (Å²) in [5.74, 6) is -0.443. The van der Waals surface area contributed by atoms with Crippen LogP contribution in [0, 0.1) is 0 Å². The summed E-state index contributed by atoms with van der Waals surface area (Å²) in [7, 11) is 0. The lowest BCUT2D eigenvalue weighted by Gasteiger charge is -2.00. The van der Waals surface area contributed by atoms with Crippen LogP contribution in [-0.4, -0.2) is 26.9 Å². The van der Waals surface area contributed by atoms with Gasteiger partial charge in [0.2, 0.25) is 0 Å². The summed E-state index contributed by atoms with van der Waals surface area (Å²) in [5, 5.41) is 0.605. The summed E-state index contributed by atoms with van der Waals surface area (Å²) >= 11 is 5.98. The number of halogens is 1. The quantitative estimate of drug-likeness (QED) is 0.675. The van der Waals surface area contributed by atoms with Gasteiger partial charge < -0.3 is 4.74 Å². The number of carbonyl (C=O) groups excluding carboxylic acids is 1. The highest BCUT2D eigenvalue weighted by Gasteiger charge is 2.13. The number of rotatable bonds is 2. The lowest BCUT2D eigenvalue weighted by molar-refractivity contribution is 0.0520. The van der Waals surface area contributed by atoms with Crippen LogP contribution in [0.1, 0.15) is 17.4 Å². The van der Waals surface area contributed by atoms with Gasteiger partial charge in [0.1, 0.15) is 0 Å². The number of hydrogen-bond donors (Lipinski definition) is 0. The molecule has 0 aliphatic heterocycles. The number of nitrogens with zero attached hydrogens (tertiary/aromatic N) is 3. The second-order valence-corrected chi connectivity index (χ2v) is 4.40. The van der Waals surface area contributed by atoms with Crippen LogP contribution in [-0.2, 0) is 4.74 Å². The smallest absolute Gasteiger partial charge is 0.358 e. The van der Waals surface area contributed by atoms with Crippen molar-refractivity contribution in [2.75, 3.05) is 6.61 Å². The van der Waals surface area contributed by atoms with Crippen molar-refractivity contribution < 1.29 is 9.53 Å². The molecule has 0 aliphatic rings. The van der Waals surface area contributed by atoms with Crippen molar-refractivity contribution >= 4 is 34.3 Å². The molecule has 0 spiro atoms. The average molecular weight is 276 g/mol. The third kappa shape index (κ3) is 2.02. The lowest BCUT2D eigenvalue weighted by Crippen LogP contribution is -2.04. The van der Waals surface area contributed by atoms with Crippen molar-refractivity contribution in [2.45, 2.75) is 6.92 Å². The van der Waals surface area contributed by atoms with Gasteiger partial charge in [-0.1, -0.05) is 11.6 Å². The zero-order valence-corrected chi connectivity index (χ0v) is 10.9. The van der Waals surface area contributed by atoms with E-state index in [4.69, 9.17) is 16.3 Å². The Hall–Kier alpha value is -2.14. The van der Waals surface area contributed by atoms with E-state index in [-0.39, 0.29) is 5.69 Å². The summed E-state index contributed by atoms with van der Waals surface area (Å²) in [5.41, 5.74) is 2.42. The molecule has 0 fully saturated rings. The molecule has 0 N–H and O–H groups in total. The molecule has 0 saturated heterocycles. The molecule has 0 bridgehead atoms. The number of carbonyl (C=O) groups is 1. The first-order chi connectivity index (χ1) is 9.19. The molecule has 3 rings (SSSR count). The highest BCUT2D eigenvalue weighted by Crippen LogP contribution is 2.19. The fraction of sp³-hybridized carbons (Fsp3) is 0.154. The van der Waals surface area contributed by atoms with E-state index in [0.29, 0.717) is 17.3 Å². The van der Waals surface area contributed by atoms with Gasteiger partial charge in [-0.25, -0.2) is 9.78 Å². The highest BCUT2D eigenvalue weighted by atomic mass is 35.5. The molecule has 6 heteroatoms. The third-order valence-electron chi connectivity index (χ3n) is 2.73. The van der Waals surface area contributed by atoms with Crippen LogP contribution in [0.4, 0.5) is 0 Å². The van der Waals surface area contributed by atoms with Gasteiger partial charge in [0.25, 0.3) is 0 Å². The molecular weight excluding hydrogens is 266 g/mol. The monoisotopic (exact) mass is 275 g/mol. The molecule has 96 valence electrons. The number of ether oxygens (including phenoxy) is 1. The zero-order valence-electron chi connectivity index (χ0n) is 10.1. The Bertz CT molecular complexity index is 782. The third-order valence-corrected chi connectivity index (χ3v) is 2.97. The Kier molecular flexibility index (Phi) is 2.83. The molecule has 0 atom stereocenters. The minimum atomic E-state index is -0.443. The number of hydrogen-bond acceptors (Lipinski definition) is 4. The van der Waals surface area contributed by atoms with Gasteiger partial charge in [-0.2, -0.15) is 0 Å². The molecule has 3 aromatic rings. The zero-order chi connectivity index (χ0) is 13.4. The summed E-state index contributed by atoms with van der Waals surface area (Å²) in [4.78, 5) is 20.1. The second kappa shape index (κ2) is 4.51. The normalized spacial score (nSPS) is 11.1. The number of fused-ring (bicyclic) bond motifs is 3. The number of benzene rings is 1. The minimum Gasteiger partial charge on any atom is -0.461 e. The van der Waals surface area contributed by atoms with Gasteiger partial charge in [0, 0.05) is 11.2 Å². The summed E-state index contributed by atoms with van der Waals surface area (Å²) in [6.07, 6.45) is 3.24. The summed E-state index contributed by atoms with van der Waals surface area (Å²) < 4.78 is 6.71. The van der Waals surface area contributed by atoms with Crippen molar-refractivity contribution in [3.63, 3.8) is 0 Å². The van der Waals surface area contributed by atoms with Gasteiger partial charge in [-0.15, -0.1) is 0 Å². The maximum Gasteiger partial charge on any atom is 0.358 e. The number of aromatic nitrogens is 3. The Morgan fingerprint density at radius 1 is 1.47 bits per heavy atom. The maximum absolute atomic E-state index is 11.7. The van der Waals surface area contributed by atoms with E-state index in [9.17, 15) is 4.79 Å².